The normalized spacial score (nSPS) is 12.7. The summed E-state index contributed by atoms with van der Waals surface area (Å²) in [4.78, 5) is 2.48. The first kappa shape index (κ1) is 37.5. The average molecular weight is 844 g/mol. The number of fused-ring (bicyclic) bond motifs is 9. The Morgan fingerprint density at radius 2 is 0.800 bits per heavy atom. The van der Waals surface area contributed by atoms with Crippen molar-refractivity contribution in [1.29, 1.82) is 0 Å². The lowest BCUT2D eigenvalue weighted by molar-refractivity contribution is 0.768. The third-order valence-corrected chi connectivity index (χ3v) is 15.0. The van der Waals surface area contributed by atoms with Gasteiger partial charge in [0.2, 0.25) is 0 Å². The van der Waals surface area contributed by atoms with E-state index in [2.05, 4.69) is 254 Å². The molecule has 1 aliphatic carbocycles. The maximum absolute atomic E-state index is 2.48. The van der Waals surface area contributed by atoms with Crippen LogP contribution < -0.4 is 4.90 Å². The first-order valence-electron chi connectivity index (χ1n) is 22.4. The molecular formula is C63H41NS. The molecular weight excluding hydrogens is 803 g/mol. The minimum atomic E-state index is -0.507. The van der Waals surface area contributed by atoms with Gasteiger partial charge in [-0.3, -0.25) is 0 Å². The fraction of sp³-hybridized carbons (Fsp3) is 0.0159. The van der Waals surface area contributed by atoms with Crippen LogP contribution >= 0.6 is 11.3 Å². The summed E-state index contributed by atoms with van der Waals surface area (Å²) in [6.45, 7) is 0. The molecule has 0 unspecified atom stereocenters. The van der Waals surface area contributed by atoms with Gasteiger partial charge in [0.1, 0.15) is 0 Å². The van der Waals surface area contributed by atoms with Crippen LogP contribution in [0.4, 0.5) is 17.1 Å². The van der Waals surface area contributed by atoms with Gasteiger partial charge in [-0.25, -0.2) is 0 Å². The van der Waals surface area contributed by atoms with Crippen molar-refractivity contribution in [3.63, 3.8) is 0 Å². The second kappa shape index (κ2) is 15.1. The molecule has 0 amide bonds. The SMILES string of the molecule is c1ccc(C2(c3ccccc3)c3ccccc3-c3c(N(c4ccc(-c5cccc6ccccc56)cc4)c4ccc(-c5cccc6c5sc5c7ccccc7ccc65)cc4)cccc32)cc1. The van der Waals surface area contributed by atoms with Crippen LogP contribution in [0.25, 0.3) is 75.1 Å². The van der Waals surface area contributed by atoms with E-state index in [9.17, 15) is 0 Å². The van der Waals surface area contributed by atoms with Crippen molar-refractivity contribution < 1.29 is 0 Å². The minimum Gasteiger partial charge on any atom is -0.310 e. The molecule has 65 heavy (non-hydrogen) atoms. The van der Waals surface area contributed by atoms with Gasteiger partial charge in [-0.2, -0.15) is 0 Å². The molecule has 2 heteroatoms. The Bertz CT molecular complexity index is 3710. The Balaban J connectivity index is 1.01. The molecule has 1 heterocycles. The molecule has 1 aromatic heterocycles. The molecule has 0 bridgehead atoms. The molecule has 0 radical (unpaired) electrons. The summed E-state index contributed by atoms with van der Waals surface area (Å²) < 4.78 is 2.67. The number of benzene rings is 11. The van der Waals surface area contributed by atoms with Crippen LogP contribution in [0.1, 0.15) is 22.3 Å². The van der Waals surface area contributed by atoms with Crippen molar-refractivity contribution in [2.45, 2.75) is 5.41 Å². The van der Waals surface area contributed by atoms with E-state index in [1.807, 2.05) is 11.3 Å². The highest BCUT2D eigenvalue weighted by molar-refractivity contribution is 7.27. The van der Waals surface area contributed by atoms with E-state index in [4.69, 9.17) is 0 Å². The van der Waals surface area contributed by atoms with Gasteiger partial charge < -0.3 is 4.90 Å². The monoisotopic (exact) mass is 843 g/mol. The third kappa shape index (κ3) is 5.78. The third-order valence-electron chi connectivity index (χ3n) is 13.8. The molecule has 0 N–H and O–H groups in total. The standard InChI is InChI=1S/C63H41NS/c1-3-19-46(20-4-1)63(47-21-5-2-6-22-47)57-29-12-11-25-56(57)60-58(63)30-15-31-59(60)64(48-37-32-44(33-38-48)51-26-13-18-42-16-7-9-23-50(42)51)49-39-34-45(35-40-49)53-27-14-28-54-55-41-36-43-17-8-10-24-52(43)62(55)65-61(53)54/h1-41H. The molecule has 0 spiro atoms. The summed E-state index contributed by atoms with van der Waals surface area (Å²) in [5.74, 6) is 0. The number of thiophene rings is 1. The van der Waals surface area contributed by atoms with Crippen molar-refractivity contribution in [1.82, 2.24) is 0 Å². The van der Waals surface area contributed by atoms with Crippen LogP contribution in [0.5, 0.6) is 0 Å². The lowest BCUT2D eigenvalue weighted by atomic mass is 9.68. The summed E-state index contributed by atoms with van der Waals surface area (Å²) in [5.41, 5.74) is 15.3. The summed E-state index contributed by atoms with van der Waals surface area (Å²) in [6.07, 6.45) is 0. The number of anilines is 3. The second-order valence-electron chi connectivity index (χ2n) is 17.1. The van der Waals surface area contributed by atoms with Gasteiger partial charge in [-0.15, -0.1) is 11.3 Å². The Kier molecular flexibility index (Phi) is 8.69. The van der Waals surface area contributed by atoms with Crippen LogP contribution in [0, 0.1) is 0 Å². The van der Waals surface area contributed by atoms with Gasteiger partial charge in [-0.1, -0.05) is 218 Å². The number of nitrogens with zero attached hydrogens (tertiary/aromatic N) is 1. The molecule has 0 atom stereocenters. The van der Waals surface area contributed by atoms with Crippen molar-refractivity contribution in [2.75, 3.05) is 4.90 Å². The smallest absolute Gasteiger partial charge is 0.0714 e. The van der Waals surface area contributed by atoms with E-state index in [0.29, 0.717) is 0 Å². The molecule has 12 aromatic rings. The zero-order chi connectivity index (χ0) is 42.9. The lowest BCUT2D eigenvalue weighted by Crippen LogP contribution is -2.28. The van der Waals surface area contributed by atoms with Gasteiger partial charge in [-0.05, 0) is 102 Å². The fourth-order valence-corrected chi connectivity index (χ4v) is 12.3. The zero-order valence-electron chi connectivity index (χ0n) is 35.5. The molecule has 0 aliphatic heterocycles. The maximum Gasteiger partial charge on any atom is 0.0714 e. The summed E-state index contributed by atoms with van der Waals surface area (Å²) in [7, 11) is 0. The van der Waals surface area contributed by atoms with E-state index < -0.39 is 5.41 Å². The molecule has 0 fully saturated rings. The number of rotatable bonds is 7. The first-order chi connectivity index (χ1) is 32.3. The van der Waals surface area contributed by atoms with E-state index in [0.717, 1.165) is 17.1 Å². The predicted octanol–water partition coefficient (Wildman–Crippen LogP) is 17.5. The zero-order valence-corrected chi connectivity index (χ0v) is 36.3. The number of hydrogen-bond donors (Lipinski definition) is 0. The fourth-order valence-electron chi connectivity index (χ4n) is 10.9. The maximum atomic E-state index is 2.48. The van der Waals surface area contributed by atoms with Crippen LogP contribution in [0.2, 0.25) is 0 Å². The van der Waals surface area contributed by atoms with Gasteiger partial charge in [0.15, 0.2) is 0 Å². The second-order valence-corrected chi connectivity index (χ2v) is 18.2. The largest absolute Gasteiger partial charge is 0.310 e. The van der Waals surface area contributed by atoms with Crippen molar-refractivity contribution in [3.8, 4) is 33.4 Å². The summed E-state index contributed by atoms with van der Waals surface area (Å²) in [5, 5.41) is 7.73. The van der Waals surface area contributed by atoms with Crippen molar-refractivity contribution in [3.05, 3.63) is 271 Å². The van der Waals surface area contributed by atoms with Crippen LogP contribution in [0.15, 0.2) is 249 Å². The van der Waals surface area contributed by atoms with E-state index in [1.165, 1.54) is 97.4 Å². The Labute approximate surface area is 382 Å². The lowest BCUT2D eigenvalue weighted by Gasteiger charge is -2.34. The number of hydrogen-bond acceptors (Lipinski definition) is 2. The van der Waals surface area contributed by atoms with Crippen LogP contribution in [-0.2, 0) is 5.41 Å². The Morgan fingerprint density at radius 1 is 0.308 bits per heavy atom. The summed E-state index contributed by atoms with van der Waals surface area (Å²) in [6, 6.07) is 92.0. The van der Waals surface area contributed by atoms with Gasteiger partial charge in [0.05, 0.1) is 11.1 Å². The molecule has 13 rings (SSSR count). The highest BCUT2D eigenvalue weighted by atomic mass is 32.1. The Hall–Kier alpha value is -8.04. The minimum absolute atomic E-state index is 0.507. The van der Waals surface area contributed by atoms with E-state index in [-0.39, 0.29) is 0 Å². The Morgan fingerprint density at radius 3 is 1.52 bits per heavy atom. The molecule has 0 saturated heterocycles. The van der Waals surface area contributed by atoms with E-state index >= 15 is 0 Å². The highest BCUT2D eigenvalue weighted by Crippen LogP contribution is 2.59. The van der Waals surface area contributed by atoms with Crippen LogP contribution in [-0.4, -0.2) is 0 Å². The molecule has 0 saturated carbocycles. The quantitative estimate of drug-likeness (QED) is 0.154. The highest BCUT2D eigenvalue weighted by Gasteiger charge is 2.47. The summed E-state index contributed by atoms with van der Waals surface area (Å²) >= 11 is 1.91. The molecule has 1 aliphatic rings. The average Bonchev–Trinajstić information content (AvgIpc) is 3.92. The van der Waals surface area contributed by atoms with Crippen molar-refractivity contribution in [2.24, 2.45) is 0 Å². The molecule has 304 valence electrons. The van der Waals surface area contributed by atoms with Gasteiger partial charge in [0, 0.05) is 37.1 Å². The topological polar surface area (TPSA) is 3.24 Å². The van der Waals surface area contributed by atoms with Gasteiger partial charge >= 0.3 is 0 Å². The predicted molar refractivity (Wildman–Crippen MR) is 277 cm³/mol. The van der Waals surface area contributed by atoms with Crippen LogP contribution in [0.3, 0.4) is 0 Å². The van der Waals surface area contributed by atoms with Crippen molar-refractivity contribution >= 4 is 70.1 Å². The first-order valence-corrected chi connectivity index (χ1v) is 23.2. The molecule has 11 aromatic carbocycles. The van der Waals surface area contributed by atoms with Gasteiger partial charge in [0.25, 0.3) is 0 Å². The van der Waals surface area contributed by atoms with E-state index in [1.54, 1.807) is 0 Å². The molecule has 1 nitrogen and oxygen atoms in total.